The molecule has 0 spiro atoms. The Labute approximate surface area is 112 Å². The van der Waals surface area contributed by atoms with Gasteiger partial charge in [0.1, 0.15) is 5.76 Å². The average molecular weight is 252 g/mol. The monoisotopic (exact) mass is 252 g/mol. The third-order valence-electron chi connectivity index (χ3n) is 3.50. The fourth-order valence-electron chi connectivity index (χ4n) is 2.44. The number of rotatable bonds is 3. The van der Waals surface area contributed by atoms with E-state index in [0.29, 0.717) is 6.42 Å². The first-order chi connectivity index (χ1) is 9.24. The van der Waals surface area contributed by atoms with E-state index in [9.17, 15) is 5.11 Å². The summed E-state index contributed by atoms with van der Waals surface area (Å²) in [4.78, 5) is 0. The summed E-state index contributed by atoms with van der Waals surface area (Å²) in [6.07, 6.45) is 1.71. The molecule has 1 heterocycles. The summed E-state index contributed by atoms with van der Waals surface area (Å²) >= 11 is 0. The van der Waals surface area contributed by atoms with Gasteiger partial charge in [0.05, 0.1) is 12.4 Å². The van der Waals surface area contributed by atoms with E-state index >= 15 is 0 Å². The fourth-order valence-corrected chi connectivity index (χ4v) is 2.44. The number of hydrogen-bond acceptors (Lipinski definition) is 2. The van der Waals surface area contributed by atoms with Gasteiger partial charge in [0.2, 0.25) is 0 Å². The van der Waals surface area contributed by atoms with Crippen molar-refractivity contribution in [2.75, 3.05) is 0 Å². The Balaban J connectivity index is 1.87. The van der Waals surface area contributed by atoms with E-state index in [4.69, 9.17) is 4.42 Å². The molecule has 2 heteroatoms. The zero-order valence-electron chi connectivity index (χ0n) is 10.8. The van der Waals surface area contributed by atoms with E-state index in [1.807, 2.05) is 25.1 Å². The van der Waals surface area contributed by atoms with Gasteiger partial charge in [-0.1, -0.05) is 42.5 Å². The van der Waals surface area contributed by atoms with Crippen LogP contribution in [0, 0.1) is 6.92 Å². The van der Waals surface area contributed by atoms with Gasteiger partial charge in [-0.25, -0.2) is 0 Å². The second-order valence-corrected chi connectivity index (χ2v) is 4.83. The van der Waals surface area contributed by atoms with Gasteiger partial charge in [-0.15, -0.1) is 0 Å². The van der Waals surface area contributed by atoms with Crippen LogP contribution in [0.5, 0.6) is 0 Å². The van der Waals surface area contributed by atoms with Crippen molar-refractivity contribution >= 4 is 10.8 Å². The molecule has 1 atom stereocenters. The van der Waals surface area contributed by atoms with Crippen molar-refractivity contribution in [3.8, 4) is 0 Å². The van der Waals surface area contributed by atoms with Crippen LogP contribution in [-0.2, 0) is 6.42 Å². The van der Waals surface area contributed by atoms with Gasteiger partial charge in [-0.05, 0) is 29.3 Å². The second kappa shape index (κ2) is 4.90. The first kappa shape index (κ1) is 12.0. The maximum absolute atomic E-state index is 10.3. The number of furan rings is 1. The molecular weight excluding hydrogens is 236 g/mol. The first-order valence-electron chi connectivity index (χ1n) is 6.44. The summed E-state index contributed by atoms with van der Waals surface area (Å²) in [6.45, 7) is 1.87. The summed E-state index contributed by atoms with van der Waals surface area (Å²) in [5.41, 5.74) is 2.00. The lowest BCUT2D eigenvalue weighted by molar-refractivity contribution is 0.176. The van der Waals surface area contributed by atoms with Crippen molar-refractivity contribution in [3.05, 3.63) is 71.7 Å². The molecule has 3 rings (SSSR count). The third kappa shape index (κ3) is 2.40. The lowest BCUT2D eigenvalue weighted by Gasteiger charge is -2.10. The number of hydrogen-bond donors (Lipinski definition) is 1. The number of aryl methyl sites for hydroxylation is 1. The largest absolute Gasteiger partial charge is 0.469 e. The molecule has 2 nitrogen and oxygen atoms in total. The molecule has 0 aliphatic rings. The van der Waals surface area contributed by atoms with Crippen molar-refractivity contribution in [3.63, 3.8) is 0 Å². The Morgan fingerprint density at radius 2 is 1.84 bits per heavy atom. The predicted octanol–water partition coefficient (Wildman–Crippen LogP) is 4.02. The molecule has 0 bridgehead atoms. The van der Waals surface area contributed by atoms with Crippen LogP contribution in [0.3, 0.4) is 0 Å². The molecule has 19 heavy (non-hydrogen) atoms. The van der Waals surface area contributed by atoms with Crippen LogP contribution in [0.4, 0.5) is 0 Å². The SMILES string of the molecule is Cc1occc1C(O)Cc1ccc2ccccc2c1. The molecule has 2 aromatic carbocycles. The standard InChI is InChI=1S/C17H16O2/c1-12-16(8-9-19-12)17(18)11-13-6-7-14-4-2-3-5-15(14)10-13/h2-10,17-18H,11H2,1H3. The Hall–Kier alpha value is -2.06. The second-order valence-electron chi connectivity index (χ2n) is 4.83. The lowest BCUT2D eigenvalue weighted by atomic mass is 9.99. The van der Waals surface area contributed by atoms with Gasteiger partial charge in [0.15, 0.2) is 0 Å². The van der Waals surface area contributed by atoms with Crippen molar-refractivity contribution in [1.82, 2.24) is 0 Å². The summed E-state index contributed by atoms with van der Waals surface area (Å²) in [5.74, 6) is 0.785. The minimum absolute atomic E-state index is 0.514. The predicted molar refractivity (Wildman–Crippen MR) is 76.1 cm³/mol. The van der Waals surface area contributed by atoms with Crippen LogP contribution in [0.25, 0.3) is 10.8 Å². The molecule has 96 valence electrons. The highest BCUT2D eigenvalue weighted by atomic mass is 16.3. The van der Waals surface area contributed by atoms with Crippen LogP contribution >= 0.6 is 0 Å². The maximum Gasteiger partial charge on any atom is 0.106 e. The summed E-state index contributed by atoms with van der Waals surface area (Å²) in [5, 5.41) is 12.7. The smallest absolute Gasteiger partial charge is 0.106 e. The fraction of sp³-hybridized carbons (Fsp3) is 0.176. The molecule has 1 N–H and O–H groups in total. The van der Waals surface area contributed by atoms with Gasteiger partial charge in [0.25, 0.3) is 0 Å². The summed E-state index contributed by atoms with van der Waals surface area (Å²) in [6, 6.07) is 16.4. The van der Waals surface area contributed by atoms with Crippen molar-refractivity contribution < 1.29 is 9.52 Å². The minimum atomic E-state index is -0.514. The van der Waals surface area contributed by atoms with Crippen molar-refractivity contribution in [2.45, 2.75) is 19.4 Å². The maximum atomic E-state index is 10.3. The Kier molecular flexibility index (Phi) is 3.10. The van der Waals surface area contributed by atoms with E-state index in [-0.39, 0.29) is 0 Å². The normalized spacial score (nSPS) is 12.7. The topological polar surface area (TPSA) is 33.4 Å². The van der Waals surface area contributed by atoms with Gasteiger partial charge in [-0.2, -0.15) is 0 Å². The summed E-state index contributed by atoms with van der Waals surface area (Å²) < 4.78 is 5.23. The highest BCUT2D eigenvalue weighted by Gasteiger charge is 2.13. The van der Waals surface area contributed by atoms with E-state index in [1.165, 1.54) is 10.8 Å². The Morgan fingerprint density at radius 3 is 2.58 bits per heavy atom. The molecule has 0 amide bonds. The van der Waals surface area contributed by atoms with Crippen LogP contribution in [0.15, 0.2) is 59.2 Å². The van der Waals surface area contributed by atoms with E-state index in [0.717, 1.165) is 16.9 Å². The first-order valence-corrected chi connectivity index (χ1v) is 6.44. The molecule has 0 aliphatic heterocycles. The van der Waals surface area contributed by atoms with E-state index in [1.54, 1.807) is 6.26 Å². The molecule has 0 fully saturated rings. The van der Waals surface area contributed by atoms with Crippen LogP contribution in [0.2, 0.25) is 0 Å². The molecule has 1 unspecified atom stereocenters. The van der Waals surface area contributed by atoms with E-state index < -0.39 is 6.10 Å². The Bertz CT molecular complexity index is 697. The lowest BCUT2D eigenvalue weighted by Crippen LogP contribution is -2.01. The molecule has 0 aliphatic carbocycles. The number of aliphatic hydroxyl groups excluding tert-OH is 1. The van der Waals surface area contributed by atoms with Gasteiger partial charge in [0, 0.05) is 12.0 Å². The van der Waals surface area contributed by atoms with Crippen molar-refractivity contribution in [1.29, 1.82) is 0 Å². The Morgan fingerprint density at radius 1 is 1.05 bits per heavy atom. The quantitative estimate of drug-likeness (QED) is 0.763. The zero-order valence-corrected chi connectivity index (χ0v) is 10.8. The van der Waals surface area contributed by atoms with Crippen LogP contribution in [0.1, 0.15) is 23.0 Å². The van der Waals surface area contributed by atoms with Crippen LogP contribution in [-0.4, -0.2) is 5.11 Å². The highest BCUT2D eigenvalue weighted by molar-refractivity contribution is 5.83. The van der Waals surface area contributed by atoms with Gasteiger partial charge >= 0.3 is 0 Å². The molecule has 0 radical (unpaired) electrons. The minimum Gasteiger partial charge on any atom is -0.469 e. The number of benzene rings is 2. The van der Waals surface area contributed by atoms with Crippen molar-refractivity contribution in [2.24, 2.45) is 0 Å². The molecule has 0 saturated carbocycles. The average Bonchev–Trinajstić information content (AvgIpc) is 2.85. The zero-order chi connectivity index (χ0) is 13.2. The number of aliphatic hydroxyl groups is 1. The van der Waals surface area contributed by atoms with E-state index in [2.05, 4.69) is 30.3 Å². The highest BCUT2D eigenvalue weighted by Crippen LogP contribution is 2.24. The van der Waals surface area contributed by atoms with Gasteiger partial charge < -0.3 is 9.52 Å². The molecule has 3 aromatic rings. The number of fused-ring (bicyclic) bond motifs is 1. The third-order valence-corrected chi connectivity index (χ3v) is 3.50. The molecule has 1 aromatic heterocycles. The summed E-state index contributed by atoms with van der Waals surface area (Å²) in [7, 11) is 0. The van der Waals surface area contributed by atoms with Crippen LogP contribution < -0.4 is 0 Å². The van der Waals surface area contributed by atoms with Gasteiger partial charge in [-0.3, -0.25) is 0 Å². The molecular formula is C17H16O2. The molecule has 0 saturated heterocycles.